The molecule has 0 aliphatic carbocycles. The van der Waals surface area contributed by atoms with Gasteiger partial charge in [-0.2, -0.15) is 13.2 Å². The molecule has 0 aromatic carbocycles. The van der Waals surface area contributed by atoms with Crippen LogP contribution in [0.15, 0.2) is 16.9 Å². The molecule has 1 saturated heterocycles. The number of carbonyl (C=O) groups is 1. The van der Waals surface area contributed by atoms with Crippen LogP contribution < -0.4 is 10.9 Å². The van der Waals surface area contributed by atoms with Crippen molar-refractivity contribution in [2.45, 2.75) is 25.4 Å². The molecular weight excluding hydrogens is 311 g/mol. The van der Waals surface area contributed by atoms with Gasteiger partial charge < -0.3 is 15.2 Å². The molecule has 5 nitrogen and oxygen atoms in total. The van der Waals surface area contributed by atoms with Gasteiger partial charge in [0, 0.05) is 13.1 Å². The Bertz CT molecular complexity index is 605. The average Bonchev–Trinajstić information content (AvgIpc) is 2.52. The molecule has 1 aromatic heterocycles. The van der Waals surface area contributed by atoms with Gasteiger partial charge in [0.25, 0.3) is 11.5 Å². The molecule has 2 heterocycles. The van der Waals surface area contributed by atoms with Gasteiger partial charge in [0.05, 0.1) is 0 Å². The molecule has 2 rings (SSSR count). The normalized spacial score (nSPS) is 16.6. The van der Waals surface area contributed by atoms with Gasteiger partial charge in [-0.25, -0.2) is 0 Å². The Morgan fingerprint density at radius 2 is 2.00 bits per heavy atom. The number of piperidine rings is 1. The van der Waals surface area contributed by atoms with Crippen molar-refractivity contribution in [1.29, 1.82) is 0 Å². The van der Waals surface area contributed by atoms with E-state index in [2.05, 4.69) is 5.32 Å². The van der Waals surface area contributed by atoms with Crippen LogP contribution in [0.3, 0.4) is 0 Å². The Kier molecular flexibility index (Phi) is 5.46. The number of H-pyrrole nitrogens is 1. The third-order valence-corrected chi connectivity index (χ3v) is 4.15. The minimum Gasteiger partial charge on any atom is -0.338 e. The maximum absolute atomic E-state index is 12.5. The predicted molar refractivity (Wildman–Crippen MR) is 79.2 cm³/mol. The number of likely N-dealkylation sites (tertiary alicyclic amines) is 1. The van der Waals surface area contributed by atoms with E-state index in [-0.39, 0.29) is 5.56 Å². The van der Waals surface area contributed by atoms with Crippen LogP contribution in [0.1, 0.15) is 35.3 Å². The zero-order valence-electron chi connectivity index (χ0n) is 12.9. The first-order valence-corrected chi connectivity index (χ1v) is 7.57. The third kappa shape index (κ3) is 4.34. The Labute approximate surface area is 131 Å². The molecule has 0 radical (unpaired) electrons. The van der Waals surface area contributed by atoms with Crippen LogP contribution in [0.5, 0.6) is 0 Å². The summed E-state index contributed by atoms with van der Waals surface area (Å²) in [7, 11) is 1.88. The van der Waals surface area contributed by atoms with Crippen LogP contribution in [0.4, 0.5) is 13.2 Å². The van der Waals surface area contributed by atoms with Crippen molar-refractivity contribution in [2.24, 2.45) is 5.92 Å². The van der Waals surface area contributed by atoms with E-state index in [1.165, 1.54) is 4.90 Å². The molecule has 23 heavy (non-hydrogen) atoms. The summed E-state index contributed by atoms with van der Waals surface area (Å²) in [6, 6.07) is 1.69. The zero-order valence-corrected chi connectivity index (χ0v) is 12.9. The topological polar surface area (TPSA) is 65.2 Å². The summed E-state index contributed by atoms with van der Waals surface area (Å²) in [5, 5.41) is 3.08. The monoisotopic (exact) mass is 331 g/mol. The molecule has 8 heteroatoms. The number of aromatic amines is 1. The van der Waals surface area contributed by atoms with Gasteiger partial charge in [-0.3, -0.25) is 9.59 Å². The molecule has 0 saturated carbocycles. The number of pyridine rings is 1. The molecule has 1 aliphatic rings. The number of hydrogen-bond donors (Lipinski definition) is 2. The summed E-state index contributed by atoms with van der Waals surface area (Å²) in [5.41, 5.74) is -2.39. The number of carbonyl (C=O) groups excluding carboxylic acids is 1. The first-order valence-electron chi connectivity index (χ1n) is 7.57. The number of amides is 1. The molecule has 0 unspecified atom stereocenters. The first-order chi connectivity index (χ1) is 10.8. The highest BCUT2D eigenvalue weighted by molar-refractivity contribution is 5.93. The van der Waals surface area contributed by atoms with Gasteiger partial charge in [0.15, 0.2) is 0 Å². The fourth-order valence-electron chi connectivity index (χ4n) is 2.75. The Balaban J connectivity index is 2.03. The van der Waals surface area contributed by atoms with Crippen molar-refractivity contribution in [2.75, 3.05) is 26.7 Å². The van der Waals surface area contributed by atoms with Crippen molar-refractivity contribution in [3.05, 3.63) is 33.7 Å². The molecule has 1 amide bonds. The SMILES string of the molecule is CNCCC1CCN(C(=O)c2ccc(C(F)(F)F)[nH]c2=O)CC1. The van der Waals surface area contributed by atoms with Gasteiger partial charge in [-0.15, -0.1) is 0 Å². The summed E-state index contributed by atoms with van der Waals surface area (Å²) < 4.78 is 37.6. The van der Waals surface area contributed by atoms with E-state index in [0.717, 1.165) is 37.9 Å². The van der Waals surface area contributed by atoms with Crippen molar-refractivity contribution in [1.82, 2.24) is 15.2 Å². The van der Waals surface area contributed by atoms with E-state index in [4.69, 9.17) is 0 Å². The standard InChI is InChI=1S/C15H20F3N3O2/c1-19-7-4-10-5-8-21(9-6-10)14(23)11-2-3-12(15(16,17)18)20-13(11)22/h2-3,10,19H,4-9H2,1H3,(H,20,22). The van der Waals surface area contributed by atoms with Crippen LogP contribution in [0.2, 0.25) is 0 Å². The van der Waals surface area contributed by atoms with E-state index in [1.54, 1.807) is 4.98 Å². The lowest BCUT2D eigenvalue weighted by Crippen LogP contribution is -2.41. The van der Waals surface area contributed by atoms with E-state index in [1.807, 2.05) is 7.05 Å². The molecule has 2 N–H and O–H groups in total. The number of nitrogens with zero attached hydrogens (tertiary/aromatic N) is 1. The minimum absolute atomic E-state index is 0.244. The van der Waals surface area contributed by atoms with Crippen LogP contribution in [-0.4, -0.2) is 42.5 Å². The molecular formula is C15H20F3N3O2. The summed E-state index contributed by atoms with van der Waals surface area (Å²) in [6.45, 7) is 1.96. The lowest BCUT2D eigenvalue weighted by atomic mass is 9.93. The summed E-state index contributed by atoms with van der Waals surface area (Å²) in [6.07, 6.45) is -1.93. The molecule has 1 aromatic rings. The number of nitrogens with one attached hydrogen (secondary N) is 2. The highest BCUT2D eigenvalue weighted by Crippen LogP contribution is 2.27. The van der Waals surface area contributed by atoms with Crippen LogP contribution in [0.25, 0.3) is 0 Å². The molecule has 0 spiro atoms. The maximum atomic E-state index is 12.5. The quantitative estimate of drug-likeness (QED) is 0.885. The van der Waals surface area contributed by atoms with Crippen LogP contribution >= 0.6 is 0 Å². The van der Waals surface area contributed by atoms with Gasteiger partial charge in [-0.05, 0) is 50.9 Å². The van der Waals surface area contributed by atoms with E-state index >= 15 is 0 Å². The largest absolute Gasteiger partial charge is 0.431 e. The molecule has 1 aliphatic heterocycles. The van der Waals surface area contributed by atoms with Crippen molar-refractivity contribution < 1.29 is 18.0 Å². The number of alkyl halides is 3. The Morgan fingerprint density at radius 1 is 1.35 bits per heavy atom. The highest BCUT2D eigenvalue weighted by atomic mass is 19.4. The van der Waals surface area contributed by atoms with Crippen molar-refractivity contribution in [3.63, 3.8) is 0 Å². The van der Waals surface area contributed by atoms with Gasteiger partial charge >= 0.3 is 6.18 Å². The summed E-state index contributed by atoms with van der Waals surface area (Å²) in [5.74, 6) is 0.0180. The maximum Gasteiger partial charge on any atom is 0.431 e. The smallest absolute Gasteiger partial charge is 0.338 e. The van der Waals surface area contributed by atoms with Crippen molar-refractivity contribution >= 4 is 5.91 Å². The summed E-state index contributed by atoms with van der Waals surface area (Å²) >= 11 is 0. The fourth-order valence-corrected chi connectivity index (χ4v) is 2.75. The fraction of sp³-hybridized carbons (Fsp3) is 0.600. The average molecular weight is 331 g/mol. The number of aromatic nitrogens is 1. The first kappa shape index (κ1) is 17.5. The Morgan fingerprint density at radius 3 is 2.52 bits per heavy atom. The lowest BCUT2D eigenvalue weighted by molar-refractivity contribution is -0.141. The van der Waals surface area contributed by atoms with E-state index in [0.29, 0.717) is 19.0 Å². The second-order valence-corrected chi connectivity index (χ2v) is 5.74. The second-order valence-electron chi connectivity index (χ2n) is 5.74. The molecule has 1 fully saturated rings. The van der Waals surface area contributed by atoms with Gasteiger partial charge in [0.1, 0.15) is 11.3 Å². The highest BCUT2D eigenvalue weighted by Gasteiger charge is 2.33. The van der Waals surface area contributed by atoms with Crippen LogP contribution in [-0.2, 0) is 6.18 Å². The van der Waals surface area contributed by atoms with E-state index < -0.39 is 23.3 Å². The number of hydrogen-bond acceptors (Lipinski definition) is 3. The van der Waals surface area contributed by atoms with Crippen molar-refractivity contribution in [3.8, 4) is 0 Å². The zero-order chi connectivity index (χ0) is 17.0. The predicted octanol–water partition coefficient (Wildman–Crippen LogP) is 1.86. The third-order valence-electron chi connectivity index (χ3n) is 4.15. The van der Waals surface area contributed by atoms with Crippen LogP contribution in [0, 0.1) is 5.92 Å². The Hall–Kier alpha value is -1.83. The molecule has 0 atom stereocenters. The summed E-state index contributed by atoms with van der Waals surface area (Å²) in [4.78, 5) is 27.4. The second kappa shape index (κ2) is 7.16. The lowest BCUT2D eigenvalue weighted by Gasteiger charge is -2.32. The number of halogens is 3. The number of rotatable bonds is 4. The van der Waals surface area contributed by atoms with Gasteiger partial charge in [-0.1, -0.05) is 0 Å². The van der Waals surface area contributed by atoms with Gasteiger partial charge in [0.2, 0.25) is 0 Å². The minimum atomic E-state index is -4.63. The molecule has 128 valence electrons. The molecule has 0 bridgehead atoms. The van der Waals surface area contributed by atoms with E-state index in [9.17, 15) is 22.8 Å².